The Morgan fingerprint density at radius 3 is 2.27 bits per heavy atom. The van der Waals surface area contributed by atoms with E-state index in [1.165, 1.54) is 0 Å². The van der Waals surface area contributed by atoms with Gasteiger partial charge >= 0.3 is 0 Å². The van der Waals surface area contributed by atoms with Gasteiger partial charge in [0.15, 0.2) is 0 Å². The number of rotatable bonds is 5. The number of unbranched alkanes of at least 4 members (excludes halogenated alkanes) is 2. The van der Waals surface area contributed by atoms with E-state index in [0.717, 1.165) is 25.5 Å². The van der Waals surface area contributed by atoms with Gasteiger partial charge < -0.3 is 10.5 Å². The van der Waals surface area contributed by atoms with E-state index in [1.54, 1.807) is 0 Å². The Hall–Kier alpha value is 0.360. The summed E-state index contributed by atoms with van der Waals surface area (Å²) in [4.78, 5) is 9.90. The number of hydrogen-bond acceptors (Lipinski definition) is 2. The normalized spacial score (nSPS) is 10.5. The highest BCUT2D eigenvalue weighted by Crippen LogP contribution is 2.09. The summed E-state index contributed by atoms with van der Waals surface area (Å²) in [5, 5.41) is 0. The molecule has 0 heterocycles. The van der Waals surface area contributed by atoms with Crippen molar-refractivity contribution in [2.75, 3.05) is 0 Å². The summed E-state index contributed by atoms with van der Waals surface area (Å²) >= 11 is 0. The van der Waals surface area contributed by atoms with Crippen molar-refractivity contribution in [3.63, 3.8) is 0 Å². The standard InChI is InChI=1S/C8H17NO.HI/c1-8(2,9)6-4-3-5-7-10;/h7H,3-6,9H2,1-2H3;1H. The maximum Gasteiger partial charge on any atom is 0.119 e. The van der Waals surface area contributed by atoms with E-state index in [2.05, 4.69) is 0 Å². The second kappa shape index (κ2) is 7.03. The fraction of sp³-hybridized carbons (Fsp3) is 0.875. The molecule has 3 heteroatoms. The molecule has 2 N–H and O–H groups in total. The maximum absolute atomic E-state index is 9.90. The Bertz CT molecular complexity index is 98.8. The summed E-state index contributed by atoms with van der Waals surface area (Å²) < 4.78 is 0. The van der Waals surface area contributed by atoms with E-state index < -0.39 is 0 Å². The molecule has 11 heavy (non-hydrogen) atoms. The van der Waals surface area contributed by atoms with Crippen LogP contribution in [0.25, 0.3) is 0 Å². The Balaban J connectivity index is 0. The molecule has 0 aromatic heterocycles. The molecule has 0 saturated carbocycles. The van der Waals surface area contributed by atoms with Crippen molar-refractivity contribution in [1.82, 2.24) is 0 Å². The Morgan fingerprint density at radius 2 is 1.91 bits per heavy atom. The monoisotopic (exact) mass is 271 g/mol. The minimum atomic E-state index is -0.0666. The van der Waals surface area contributed by atoms with Crippen molar-refractivity contribution in [2.24, 2.45) is 5.73 Å². The van der Waals surface area contributed by atoms with Crippen LogP contribution in [0, 0.1) is 0 Å². The van der Waals surface area contributed by atoms with Crippen molar-refractivity contribution < 1.29 is 4.79 Å². The first-order valence-corrected chi connectivity index (χ1v) is 3.79. The quantitative estimate of drug-likeness (QED) is 0.472. The molecule has 0 saturated heterocycles. The van der Waals surface area contributed by atoms with E-state index in [1.807, 2.05) is 13.8 Å². The van der Waals surface area contributed by atoms with E-state index >= 15 is 0 Å². The van der Waals surface area contributed by atoms with Crippen molar-refractivity contribution in [3.8, 4) is 0 Å². The van der Waals surface area contributed by atoms with Gasteiger partial charge in [0, 0.05) is 12.0 Å². The average molecular weight is 271 g/mol. The molecule has 2 nitrogen and oxygen atoms in total. The first kappa shape index (κ1) is 13.9. The third-order valence-corrected chi connectivity index (χ3v) is 1.39. The molecule has 0 aromatic rings. The zero-order valence-electron chi connectivity index (χ0n) is 7.30. The van der Waals surface area contributed by atoms with Gasteiger partial charge in [-0.25, -0.2) is 0 Å². The van der Waals surface area contributed by atoms with Crippen LogP contribution in [-0.2, 0) is 4.79 Å². The van der Waals surface area contributed by atoms with Gasteiger partial charge in [0.1, 0.15) is 6.29 Å². The first-order valence-electron chi connectivity index (χ1n) is 3.79. The molecule has 0 amide bonds. The Kier molecular flexibility index (Phi) is 8.90. The minimum absolute atomic E-state index is 0. The second-order valence-corrected chi connectivity index (χ2v) is 3.40. The molecule has 0 aliphatic rings. The lowest BCUT2D eigenvalue weighted by atomic mass is 9.98. The summed E-state index contributed by atoms with van der Waals surface area (Å²) in [6.45, 7) is 4.02. The van der Waals surface area contributed by atoms with Gasteiger partial charge in [0.2, 0.25) is 0 Å². The number of halogens is 1. The van der Waals surface area contributed by atoms with Gasteiger partial charge in [-0.2, -0.15) is 0 Å². The van der Waals surface area contributed by atoms with Gasteiger partial charge in [-0.05, 0) is 26.7 Å². The van der Waals surface area contributed by atoms with Gasteiger partial charge in [0.25, 0.3) is 0 Å². The number of carbonyl (C=O) groups is 1. The van der Waals surface area contributed by atoms with E-state index in [9.17, 15) is 4.79 Å². The van der Waals surface area contributed by atoms with Crippen LogP contribution in [0.4, 0.5) is 0 Å². The maximum atomic E-state index is 9.90. The zero-order chi connectivity index (χ0) is 8.04. The van der Waals surface area contributed by atoms with Crippen LogP contribution >= 0.6 is 24.0 Å². The highest BCUT2D eigenvalue weighted by molar-refractivity contribution is 14.0. The fourth-order valence-electron chi connectivity index (χ4n) is 0.808. The molecular weight excluding hydrogens is 253 g/mol. The van der Waals surface area contributed by atoms with E-state index in [4.69, 9.17) is 5.73 Å². The van der Waals surface area contributed by atoms with Gasteiger partial charge in [-0.1, -0.05) is 6.42 Å². The summed E-state index contributed by atoms with van der Waals surface area (Å²) in [5.74, 6) is 0. The largest absolute Gasteiger partial charge is 0.326 e. The predicted octanol–water partition coefficient (Wildman–Crippen LogP) is 2.10. The van der Waals surface area contributed by atoms with Crippen LogP contribution in [0.1, 0.15) is 39.5 Å². The van der Waals surface area contributed by atoms with Gasteiger partial charge in [-0.3, -0.25) is 0 Å². The highest BCUT2D eigenvalue weighted by Gasteiger charge is 2.08. The molecule has 0 aliphatic carbocycles. The minimum Gasteiger partial charge on any atom is -0.326 e. The van der Waals surface area contributed by atoms with Crippen LogP contribution in [0.2, 0.25) is 0 Å². The molecule has 0 fully saturated rings. The smallest absolute Gasteiger partial charge is 0.119 e. The highest BCUT2D eigenvalue weighted by atomic mass is 127. The first-order chi connectivity index (χ1) is 4.56. The van der Waals surface area contributed by atoms with Crippen molar-refractivity contribution in [2.45, 2.75) is 45.1 Å². The van der Waals surface area contributed by atoms with Crippen LogP contribution in [0.3, 0.4) is 0 Å². The van der Waals surface area contributed by atoms with Crippen LogP contribution < -0.4 is 5.73 Å². The lowest BCUT2D eigenvalue weighted by molar-refractivity contribution is -0.107. The van der Waals surface area contributed by atoms with E-state index in [0.29, 0.717) is 6.42 Å². The average Bonchev–Trinajstić information content (AvgIpc) is 1.78. The van der Waals surface area contributed by atoms with Gasteiger partial charge in [0.05, 0.1) is 0 Å². The fourth-order valence-corrected chi connectivity index (χ4v) is 0.808. The number of aldehydes is 1. The predicted molar refractivity (Wildman–Crippen MR) is 58.2 cm³/mol. The molecule has 0 rings (SSSR count). The molecule has 0 aromatic carbocycles. The van der Waals surface area contributed by atoms with Crippen LogP contribution in [0.5, 0.6) is 0 Å². The SMILES string of the molecule is CC(C)(N)CCCCC=O.I. The molecule has 0 bridgehead atoms. The lowest BCUT2D eigenvalue weighted by Crippen LogP contribution is -2.31. The van der Waals surface area contributed by atoms with E-state index in [-0.39, 0.29) is 29.5 Å². The van der Waals surface area contributed by atoms with Crippen molar-refractivity contribution in [1.29, 1.82) is 0 Å². The summed E-state index contributed by atoms with van der Waals surface area (Å²) in [6, 6.07) is 0. The number of carbonyl (C=O) groups excluding carboxylic acids is 1. The molecule has 0 spiro atoms. The Morgan fingerprint density at radius 1 is 1.36 bits per heavy atom. The molecule has 0 unspecified atom stereocenters. The van der Waals surface area contributed by atoms with Crippen molar-refractivity contribution >= 4 is 30.3 Å². The molecule has 0 atom stereocenters. The molecule has 0 radical (unpaired) electrons. The third-order valence-electron chi connectivity index (χ3n) is 1.39. The van der Waals surface area contributed by atoms with Crippen molar-refractivity contribution in [3.05, 3.63) is 0 Å². The number of hydrogen-bond donors (Lipinski definition) is 1. The zero-order valence-corrected chi connectivity index (χ0v) is 9.63. The third kappa shape index (κ3) is 13.4. The van der Waals surface area contributed by atoms with Gasteiger partial charge in [-0.15, -0.1) is 24.0 Å². The number of nitrogens with two attached hydrogens (primary N) is 1. The summed E-state index contributed by atoms with van der Waals surface area (Å²) in [7, 11) is 0. The summed E-state index contributed by atoms with van der Waals surface area (Å²) in [6.07, 6.45) is 4.67. The molecule has 68 valence electrons. The second-order valence-electron chi connectivity index (χ2n) is 3.40. The lowest BCUT2D eigenvalue weighted by Gasteiger charge is -2.17. The Labute approximate surface area is 85.9 Å². The molecule has 0 aliphatic heterocycles. The van der Waals surface area contributed by atoms with Crippen LogP contribution in [-0.4, -0.2) is 11.8 Å². The molecular formula is C8H18INO. The summed E-state index contributed by atoms with van der Waals surface area (Å²) in [5.41, 5.74) is 5.66. The van der Waals surface area contributed by atoms with Crippen LogP contribution in [0.15, 0.2) is 0 Å². The topological polar surface area (TPSA) is 43.1 Å².